The Bertz CT molecular complexity index is 685. The molecule has 0 unspecified atom stereocenters. The third-order valence-corrected chi connectivity index (χ3v) is 3.50. The van der Waals surface area contributed by atoms with Gasteiger partial charge in [-0.05, 0) is 31.0 Å². The molecular weight excluding hydrogens is 260 g/mol. The summed E-state index contributed by atoms with van der Waals surface area (Å²) in [6.07, 6.45) is 0.446. The number of para-hydroxylation sites is 1. The minimum Gasteiger partial charge on any atom is -0.508 e. The van der Waals surface area contributed by atoms with E-state index in [-0.39, 0.29) is 5.75 Å². The molecule has 108 valence electrons. The summed E-state index contributed by atoms with van der Waals surface area (Å²) in [4.78, 5) is 0. The van der Waals surface area contributed by atoms with Crippen molar-refractivity contribution in [2.75, 3.05) is 0 Å². The summed E-state index contributed by atoms with van der Waals surface area (Å²) < 4.78 is 0. The van der Waals surface area contributed by atoms with Gasteiger partial charge in [0, 0.05) is 23.4 Å². The van der Waals surface area contributed by atoms with Crippen LogP contribution in [0.3, 0.4) is 0 Å². The zero-order chi connectivity index (χ0) is 15.4. The van der Waals surface area contributed by atoms with Crippen LogP contribution in [0.25, 0.3) is 5.70 Å². The lowest BCUT2D eigenvalue weighted by Crippen LogP contribution is -2.10. The topological polar surface area (TPSA) is 70.1 Å². The van der Waals surface area contributed by atoms with Gasteiger partial charge in [0.15, 0.2) is 0 Å². The summed E-state index contributed by atoms with van der Waals surface area (Å²) in [7, 11) is 0. The largest absolute Gasteiger partial charge is 0.508 e. The van der Waals surface area contributed by atoms with Crippen LogP contribution in [0.2, 0.25) is 0 Å². The summed E-state index contributed by atoms with van der Waals surface area (Å²) in [5, 5.41) is 17.9. The smallest absolute Gasteiger partial charge is 0.119 e. The first-order chi connectivity index (χ1) is 9.99. The van der Waals surface area contributed by atoms with Gasteiger partial charge in [0.25, 0.3) is 0 Å². The molecule has 21 heavy (non-hydrogen) atoms. The Morgan fingerprint density at radius 2 is 1.71 bits per heavy atom. The molecule has 0 bridgehead atoms. The van der Waals surface area contributed by atoms with E-state index in [4.69, 9.17) is 11.1 Å². The number of nitrogens with one attached hydrogen (secondary N) is 1. The maximum atomic E-state index is 9.90. The van der Waals surface area contributed by atoms with Gasteiger partial charge in [-0.15, -0.1) is 0 Å². The van der Waals surface area contributed by atoms with Crippen LogP contribution in [-0.4, -0.2) is 10.8 Å². The van der Waals surface area contributed by atoms with Gasteiger partial charge < -0.3 is 16.2 Å². The van der Waals surface area contributed by atoms with Crippen LogP contribution < -0.4 is 5.73 Å². The number of hydrogen-bond acceptors (Lipinski definition) is 3. The van der Waals surface area contributed by atoms with E-state index in [2.05, 4.69) is 0 Å². The van der Waals surface area contributed by atoms with E-state index in [0.29, 0.717) is 17.8 Å². The van der Waals surface area contributed by atoms with Gasteiger partial charge in [-0.2, -0.15) is 0 Å². The maximum Gasteiger partial charge on any atom is 0.119 e. The number of rotatable bonds is 4. The molecule has 4 N–H and O–H groups in total. The van der Waals surface area contributed by atoms with Crippen LogP contribution in [-0.2, 0) is 6.42 Å². The molecule has 0 radical (unpaired) electrons. The molecule has 0 spiro atoms. The average Bonchev–Trinajstić information content (AvgIpc) is 2.46. The van der Waals surface area contributed by atoms with E-state index >= 15 is 0 Å². The molecule has 0 aliphatic heterocycles. The van der Waals surface area contributed by atoms with E-state index < -0.39 is 0 Å². The summed E-state index contributed by atoms with van der Waals surface area (Å²) in [6.45, 7) is 3.74. The van der Waals surface area contributed by atoms with Gasteiger partial charge in [0.1, 0.15) is 5.75 Å². The molecule has 2 aromatic rings. The Kier molecular flexibility index (Phi) is 4.43. The number of hydrogen-bond donors (Lipinski definition) is 3. The van der Waals surface area contributed by atoms with Crippen molar-refractivity contribution in [1.82, 2.24) is 0 Å². The molecule has 3 heteroatoms. The molecule has 0 atom stereocenters. The molecule has 0 aliphatic rings. The van der Waals surface area contributed by atoms with Gasteiger partial charge in [-0.25, -0.2) is 0 Å². The van der Waals surface area contributed by atoms with Gasteiger partial charge in [0.2, 0.25) is 0 Å². The highest BCUT2D eigenvalue weighted by Crippen LogP contribution is 2.23. The standard InChI is InChI=1S/C18H20N2O/c1-12-7-9-14(10-8-12)18(20)16(13(2)19)11-15-5-3-4-6-17(15)21/h3-10,19,21H,11,20H2,1-2H3/b18-16-,19-13?. The lowest BCUT2D eigenvalue weighted by molar-refractivity contribution is 0.469. The number of aryl methyl sites for hydroxylation is 1. The maximum absolute atomic E-state index is 9.90. The van der Waals surface area contributed by atoms with Crippen molar-refractivity contribution in [2.24, 2.45) is 5.73 Å². The van der Waals surface area contributed by atoms with Gasteiger partial charge in [-0.1, -0.05) is 48.0 Å². The lowest BCUT2D eigenvalue weighted by atomic mass is 9.96. The number of allylic oxidation sites excluding steroid dienone is 1. The van der Waals surface area contributed by atoms with E-state index in [1.165, 1.54) is 5.56 Å². The monoisotopic (exact) mass is 280 g/mol. The van der Waals surface area contributed by atoms with Gasteiger partial charge in [-0.3, -0.25) is 0 Å². The third kappa shape index (κ3) is 3.51. The predicted molar refractivity (Wildman–Crippen MR) is 87.5 cm³/mol. The number of aromatic hydroxyl groups is 1. The second-order valence-electron chi connectivity index (χ2n) is 5.19. The first kappa shape index (κ1) is 14.9. The van der Waals surface area contributed by atoms with Crippen molar-refractivity contribution in [3.63, 3.8) is 0 Å². The molecule has 0 amide bonds. The molecule has 0 aliphatic carbocycles. The summed E-state index contributed by atoms with van der Waals surface area (Å²) in [5.74, 6) is 0.230. The van der Waals surface area contributed by atoms with Crippen molar-refractivity contribution in [2.45, 2.75) is 20.3 Å². The Morgan fingerprint density at radius 3 is 2.29 bits per heavy atom. The Labute approximate surface area is 125 Å². The van der Waals surface area contributed by atoms with Crippen molar-refractivity contribution in [1.29, 1.82) is 5.41 Å². The van der Waals surface area contributed by atoms with Crippen LogP contribution in [0.15, 0.2) is 54.1 Å². The summed E-state index contributed by atoms with van der Waals surface area (Å²) in [6, 6.07) is 15.1. The molecule has 2 aromatic carbocycles. The van der Waals surface area contributed by atoms with Crippen molar-refractivity contribution < 1.29 is 5.11 Å². The fraction of sp³-hybridized carbons (Fsp3) is 0.167. The highest BCUT2D eigenvalue weighted by molar-refractivity contribution is 6.02. The fourth-order valence-corrected chi connectivity index (χ4v) is 2.19. The van der Waals surface area contributed by atoms with Gasteiger partial charge >= 0.3 is 0 Å². The van der Waals surface area contributed by atoms with Crippen molar-refractivity contribution >= 4 is 11.4 Å². The van der Waals surface area contributed by atoms with E-state index in [0.717, 1.165) is 16.7 Å². The Balaban J connectivity index is 2.42. The van der Waals surface area contributed by atoms with E-state index in [1.54, 1.807) is 19.1 Å². The van der Waals surface area contributed by atoms with Crippen LogP contribution in [0.4, 0.5) is 0 Å². The quantitative estimate of drug-likeness (QED) is 0.748. The fourth-order valence-electron chi connectivity index (χ4n) is 2.19. The summed E-state index contributed by atoms with van der Waals surface area (Å²) in [5.41, 5.74) is 10.8. The minimum atomic E-state index is 0.230. The number of phenolic OH excluding ortho intramolecular Hbond substituents is 1. The Hall–Kier alpha value is -2.55. The molecule has 0 saturated carbocycles. The van der Waals surface area contributed by atoms with Crippen molar-refractivity contribution in [3.05, 3.63) is 70.8 Å². The number of nitrogens with two attached hydrogens (primary N) is 1. The highest BCUT2D eigenvalue weighted by atomic mass is 16.3. The first-order valence-corrected chi connectivity index (χ1v) is 6.87. The van der Waals surface area contributed by atoms with E-state index in [1.807, 2.05) is 43.3 Å². The zero-order valence-electron chi connectivity index (χ0n) is 12.4. The van der Waals surface area contributed by atoms with Crippen LogP contribution in [0.5, 0.6) is 5.75 Å². The molecule has 0 aromatic heterocycles. The lowest BCUT2D eigenvalue weighted by Gasteiger charge is -2.13. The van der Waals surface area contributed by atoms with Crippen LogP contribution in [0.1, 0.15) is 23.6 Å². The average molecular weight is 280 g/mol. The predicted octanol–water partition coefficient (Wildman–Crippen LogP) is 3.65. The third-order valence-electron chi connectivity index (χ3n) is 3.50. The molecule has 3 nitrogen and oxygen atoms in total. The highest BCUT2D eigenvalue weighted by Gasteiger charge is 2.11. The first-order valence-electron chi connectivity index (χ1n) is 6.87. The molecule has 0 heterocycles. The Morgan fingerprint density at radius 1 is 1.10 bits per heavy atom. The molecular formula is C18H20N2O. The number of phenols is 1. The molecule has 0 saturated heterocycles. The van der Waals surface area contributed by atoms with Crippen LogP contribution >= 0.6 is 0 Å². The molecule has 2 rings (SSSR count). The normalized spacial score (nSPS) is 11.9. The minimum absolute atomic E-state index is 0.230. The van der Waals surface area contributed by atoms with Crippen LogP contribution in [0, 0.1) is 12.3 Å². The summed E-state index contributed by atoms with van der Waals surface area (Å²) >= 11 is 0. The van der Waals surface area contributed by atoms with Gasteiger partial charge in [0.05, 0.1) is 0 Å². The van der Waals surface area contributed by atoms with Crippen molar-refractivity contribution in [3.8, 4) is 5.75 Å². The van der Waals surface area contributed by atoms with E-state index in [9.17, 15) is 5.11 Å². The SMILES string of the molecule is CC(=N)/C(Cc1ccccc1O)=C(\N)c1ccc(C)cc1. The zero-order valence-corrected chi connectivity index (χ0v) is 12.4. The molecule has 0 fully saturated rings. The number of benzene rings is 2. The second-order valence-corrected chi connectivity index (χ2v) is 5.19. The second kappa shape index (κ2) is 6.27.